The zero-order chi connectivity index (χ0) is 14.7. The first kappa shape index (κ1) is 15.8. The number of rotatable bonds is 4. The summed E-state index contributed by atoms with van der Waals surface area (Å²) in [6, 6.07) is 10.5. The van der Waals surface area contributed by atoms with Crippen molar-refractivity contribution in [1.29, 1.82) is 0 Å². The van der Waals surface area contributed by atoms with E-state index in [-0.39, 0.29) is 5.75 Å². The molecule has 0 aliphatic carbocycles. The van der Waals surface area contributed by atoms with Crippen molar-refractivity contribution in [2.45, 2.75) is 17.2 Å². The molecule has 6 heteroatoms. The highest BCUT2D eigenvalue weighted by Gasteiger charge is 2.15. The van der Waals surface area contributed by atoms with Gasteiger partial charge in [-0.3, -0.25) is 4.21 Å². The first-order valence-electron chi connectivity index (χ1n) is 5.82. The lowest BCUT2D eigenvalue weighted by Gasteiger charge is -2.09. The maximum Gasteiger partial charge on any atom is 0.0763 e. The minimum absolute atomic E-state index is 0.257. The quantitative estimate of drug-likeness (QED) is 0.889. The molecule has 0 fully saturated rings. The van der Waals surface area contributed by atoms with E-state index in [0.717, 1.165) is 11.1 Å². The molecular formula is C14H12Cl3NOS. The van der Waals surface area contributed by atoms with Crippen molar-refractivity contribution in [2.75, 3.05) is 0 Å². The second-order valence-corrected chi connectivity index (χ2v) is 6.78. The highest BCUT2D eigenvalue weighted by atomic mass is 35.5. The van der Waals surface area contributed by atoms with E-state index in [2.05, 4.69) is 0 Å². The van der Waals surface area contributed by atoms with E-state index >= 15 is 0 Å². The molecule has 2 rings (SSSR count). The smallest absolute Gasteiger partial charge is 0.0763 e. The van der Waals surface area contributed by atoms with Crippen LogP contribution < -0.4 is 5.73 Å². The Morgan fingerprint density at radius 3 is 2.20 bits per heavy atom. The summed E-state index contributed by atoms with van der Waals surface area (Å²) in [5.41, 5.74) is 7.25. The summed E-state index contributed by atoms with van der Waals surface area (Å²) in [5.74, 6) is 0.257. The summed E-state index contributed by atoms with van der Waals surface area (Å²) >= 11 is 18.3. The van der Waals surface area contributed by atoms with Crippen LogP contribution in [0.1, 0.15) is 11.1 Å². The predicted octanol–water partition coefficient (Wildman–Crippen LogP) is 4.41. The predicted molar refractivity (Wildman–Crippen MR) is 85.9 cm³/mol. The molecular weight excluding hydrogens is 337 g/mol. The zero-order valence-corrected chi connectivity index (χ0v) is 13.5. The van der Waals surface area contributed by atoms with Gasteiger partial charge in [-0.2, -0.15) is 0 Å². The Hall–Kier alpha value is -0.580. The molecule has 1 atom stereocenters. The third-order valence-electron chi connectivity index (χ3n) is 2.79. The summed E-state index contributed by atoms with van der Waals surface area (Å²) in [6.07, 6.45) is 0. The van der Waals surface area contributed by atoms with Gasteiger partial charge in [0.25, 0.3) is 0 Å². The van der Waals surface area contributed by atoms with E-state index in [4.69, 9.17) is 40.5 Å². The van der Waals surface area contributed by atoms with E-state index < -0.39 is 10.8 Å². The molecule has 20 heavy (non-hydrogen) atoms. The van der Waals surface area contributed by atoms with Crippen molar-refractivity contribution in [3.05, 3.63) is 62.6 Å². The molecule has 1 unspecified atom stereocenters. The van der Waals surface area contributed by atoms with Gasteiger partial charge in [0.2, 0.25) is 0 Å². The second kappa shape index (κ2) is 6.92. The van der Waals surface area contributed by atoms with Gasteiger partial charge < -0.3 is 5.73 Å². The lowest BCUT2D eigenvalue weighted by Crippen LogP contribution is -2.01. The molecule has 2 nitrogen and oxygen atoms in total. The maximum absolute atomic E-state index is 12.4. The summed E-state index contributed by atoms with van der Waals surface area (Å²) < 4.78 is 12.4. The molecule has 0 amide bonds. The van der Waals surface area contributed by atoms with Gasteiger partial charge in [-0.05, 0) is 29.3 Å². The average Bonchev–Trinajstić information content (AvgIpc) is 2.41. The van der Waals surface area contributed by atoms with E-state index in [1.165, 1.54) is 0 Å². The van der Waals surface area contributed by atoms with Gasteiger partial charge in [-0.1, -0.05) is 53.0 Å². The first-order chi connectivity index (χ1) is 9.52. The lowest BCUT2D eigenvalue weighted by molar-refractivity contribution is 0.682. The van der Waals surface area contributed by atoms with Crippen molar-refractivity contribution in [1.82, 2.24) is 0 Å². The fourth-order valence-electron chi connectivity index (χ4n) is 1.75. The molecule has 0 aromatic heterocycles. The lowest BCUT2D eigenvalue weighted by atomic mass is 10.1. The largest absolute Gasteiger partial charge is 0.326 e. The van der Waals surface area contributed by atoms with Crippen LogP contribution in [0.2, 0.25) is 15.1 Å². The second-order valence-electron chi connectivity index (χ2n) is 4.17. The summed E-state index contributed by atoms with van der Waals surface area (Å²) in [6.45, 7) is 0.416. The zero-order valence-electron chi connectivity index (χ0n) is 10.4. The van der Waals surface area contributed by atoms with Crippen molar-refractivity contribution in [3.63, 3.8) is 0 Å². The number of benzene rings is 2. The van der Waals surface area contributed by atoms with Gasteiger partial charge in [0, 0.05) is 11.6 Å². The van der Waals surface area contributed by atoms with Crippen LogP contribution in [-0.2, 0) is 23.1 Å². The number of hydrogen-bond acceptors (Lipinski definition) is 2. The third-order valence-corrected chi connectivity index (χ3v) is 5.46. The minimum atomic E-state index is -1.36. The van der Waals surface area contributed by atoms with E-state index in [0.29, 0.717) is 26.5 Å². The number of nitrogens with two attached hydrogens (primary N) is 1. The summed E-state index contributed by atoms with van der Waals surface area (Å²) in [5, 5.41) is 1.33. The molecule has 0 spiro atoms. The molecule has 106 valence electrons. The van der Waals surface area contributed by atoms with Crippen molar-refractivity contribution in [2.24, 2.45) is 5.73 Å². The SMILES string of the molecule is NCc1ccc(CS(=O)c2c(Cl)cccc2Cl)c(Cl)c1. The molecule has 0 saturated heterocycles. The van der Waals surface area contributed by atoms with Crippen molar-refractivity contribution >= 4 is 45.6 Å². The van der Waals surface area contributed by atoms with Crippen LogP contribution in [0.5, 0.6) is 0 Å². The molecule has 2 aromatic rings. The standard InChI is InChI=1S/C14H12Cl3NOS/c15-11-2-1-3-12(16)14(11)20(19)8-10-5-4-9(7-18)6-13(10)17/h1-6H,7-8,18H2. The van der Waals surface area contributed by atoms with Crippen LogP contribution in [0.4, 0.5) is 0 Å². The first-order valence-corrected chi connectivity index (χ1v) is 8.28. The highest BCUT2D eigenvalue weighted by molar-refractivity contribution is 7.84. The van der Waals surface area contributed by atoms with Crippen LogP contribution in [-0.4, -0.2) is 4.21 Å². The van der Waals surface area contributed by atoms with Crippen LogP contribution in [0.3, 0.4) is 0 Å². The Morgan fingerprint density at radius 2 is 1.65 bits per heavy atom. The van der Waals surface area contributed by atoms with Crippen LogP contribution >= 0.6 is 34.8 Å². The molecule has 0 radical (unpaired) electrons. The maximum atomic E-state index is 12.4. The average molecular weight is 349 g/mol. The van der Waals surface area contributed by atoms with Crippen LogP contribution in [0, 0.1) is 0 Å². The Kier molecular flexibility index (Phi) is 5.47. The van der Waals surface area contributed by atoms with Gasteiger partial charge >= 0.3 is 0 Å². The molecule has 0 aliphatic heterocycles. The molecule has 0 heterocycles. The molecule has 2 aromatic carbocycles. The van der Waals surface area contributed by atoms with Crippen LogP contribution in [0.15, 0.2) is 41.3 Å². The molecule has 2 N–H and O–H groups in total. The van der Waals surface area contributed by atoms with Gasteiger partial charge in [0.05, 0.1) is 31.5 Å². The fraction of sp³-hybridized carbons (Fsp3) is 0.143. The normalized spacial score (nSPS) is 12.4. The topological polar surface area (TPSA) is 43.1 Å². The number of hydrogen-bond donors (Lipinski definition) is 1. The molecule has 0 saturated carbocycles. The van der Waals surface area contributed by atoms with E-state index in [1.807, 2.05) is 12.1 Å². The van der Waals surface area contributed by atoms with Gasteiger partial charge in [0.1, 0.15) is 0 Å². The van der Waals surface area contributed by atoms with Crippen molar-refractivity contribution < 1.29 is 4.21 Å². The van der Waals surface area contributed by atoms with Crippen molar-refractivity contribution in [3.8, 4) is 0 Å². The van der Waals surface area contributed by atoms with Crippen LogP contribution in [0.25, 0.3) is 0 Å². The Bertz CT molecular complexity index is 641. The minimum Gasteiger partial charge on any atom is -0.326 e. The van der Waals surface area contributed by atoms with E-state index in [9.17, 15) is 4.21 Å². The number of halogens is 3. The Balaban J connectivity index is 2.28. The van der Waals surface area contributed by atoms with Gasteiger partial charge in [-0.15, -0.1) is 0 Å². The summed E-state index contributed by atoms with van der Waals surface area (Å²) in [7, 11) is -1.36. The van der Waals surface area contributed by atoms with Gasteiger partial charge in [0.15, 0.2) is 0 Å². The molecule has 0 bridgehead atoms. The van der Waals surface area contributed by atoms with Gasteiger partial charge in [-0.25, -0.2) is 0 Å². The fourth-order valence-corrected chi connectivity index (χ4v) is 4.26. The highest BCUT2D eigenvalue weighted by Crippen LogP contribution is 2.30. The molecule has 0 aliphatic rings. The third kappa shape index (κ3) is 3.54. The Morgan fingerprint density at radius 1 is 1.00 bits per heavy atom. The summed E-state index contributed by atoms with van der Waals surface area (Å²) in [4.78, 5) is 0.440. The monoisotopic (exact) mass is 347 g/mol. The Labute approximate surface area is 135 Å². The van der Waals surface area contributed by atoms with E-state index in [1.54, 1.807) is 24.3 Å².